The van der Waals surface area contributed by atoms with Gasteiger partial charge in [-0.25, -0.2) is 4.39 Å². The molecule has 0 amide bonds. The van der Waals surface area contributed by atoms with E-state index >= 15 is 0 Å². The first-order chi connectivity index (χ1) is 6.89. The lowest BCUT2D eigenvalue weighted by atomic mass is 9.90. The Bertz CT molecular complexity index is 406. The molecule has 1 atom stereocenters. The fraction of sp³-hybridized carbons (Fsp3) is 0.455. The molecule has 0 saturated heterocycles. The van der Waals surface area contributed by atoms with Gasteiger partial charge in [0.1, 0.15) is 17.2 Å². The Hall–Kier alpha value is -0.800. The predicted molar refractivity (Wildman–Crippen MR) is 57.7 cm³/mol. The Morgan fingerprint density at radius 2 is 2.20 bits per heavy atom. The molecule has 1 heterocycles. The molecule has 2 N–H and O–H groups in total. The third-order valence-electron chi connectivity index (χ3n) is 2.53. The predicted octanol–water partition coefficient (Wildman–Crippen LogP) is 3.04. The van der Waals surface area contributed by atoms with E-state index in [0.29, 0.717) is 17.7 Å². The van der Waals surface area contributed by atoms with Crippen LogP contribution in [0, 0.1) is 5.82 Å². The number of hydrogen-bond donors (Lipinski definition) is 1. The first-order valence-corrected chi connectivity index (χ1v) is 5.20. The summed E-state index contributed by atoms with van der Waals surface area (Å²) in [6.07, 6.45) is 0.653. The highest BCUT2D eigenvalue weighted by atomic mass is 35.5. The molecule has 1 aliphatic heterocycles. The molecule has 1 aliphatic rings. The number of fused-ring (bicyclic) bond motifs is 1. The highest BCUT2D eigenvalue weighted by Gasteiger charge is 2.33. The number of halogens is 2. The van der Waals surface area contributed by atoms with E-state index < -0.39 is 0 Å². The van der Waals surface area contributed by atoms with Crippen LogP contribution in [0.3, 0.4) is 0 Å². The quantitative estimate of drug-likeness (QED) is 0.742. The van der Waals surface area contributed by atoms with Crippen LogP contribution in [0.2, 0.25) is 5.02 Å². The van der Waals surface area contributed by atoms with E-state index in [9.17, 15) is 4.39 Å². The van der Waals surface area contributed by atoms with Gasteiger partial charge in [0.25, 0.3) is 0 Å². The molecule has 1 aromatic rings. The molecule has 1 aromatic carbocycles. The van der Waals surface area contributed by atoms with Gasteiger partial charge in [-0.05, 0) is 26.0 Å². The summed E-state index contributed by atoms with van der Waals surface area (Å²) < 4.78 is 18.8. The zero-order valence-electron chi connectivity index (χ0n) is 8.68. The van der Waals surface area contributed by atoms with Crippen molar-refractivity contribution in [3.05, 3.63) is 28.5 Å². The van der Waals surface area contributed by atoms with E-state index in [1.165, 1.54) is 12.1 Å². The molecule has 0 fully saturated rings. The molecular formula is C11H13ClFNO. The van der Waals surface area contributed by atoms with Crippen LogP contribution in [0.25, 0.3) is 0 Å². The molecule has 4 heteroatoms. The molecule has 0 bridgehead atoms. The van der Waals surface area contributed by atoms with Crippen LogP contribution in [0.1, 0.15) is 31.9 Å². The van der Waals surface area contributed by atoms with Crippen LogP contribution < -0.4 is 10.5 Å². The Morgan fingerprint density at radius 3 is 2.87 bits per heavy atom. The fourth-order valence-electron chi connectivity index (χ4n) is 1.92. The van der Waals surface area contributed by atoms with Crippen molar-refractivity contribution in [2.75, 3.05) is 0 Å². The second kappa shape index (κ2) is 3.35. The molecular weight excluding hydrogens is 217 g/mol. The van der Waals surface area contributed by atoms with E-state index in [1.807, 2.05) is 13.8 Å². The molecule has 0 spiro atoms. The van der Waals surface area contributed by atoms with E-state index in [0.717, 1.165) is 0 Å². The number of nitrogens with two attached hydrogens (primary N) is 1. The summed E-state index contributed by atoms with van der Waals surface area (Å²) in [5, 5.41) is 0.285. The van der Waals surface area contributed by atoms with Crippen molar-refractivity contribution >= 4 is 11.6 Å². The maximum atomic E-state index is 13.1. The topological polar surface area (TPSA) is 35.2 Å². The van der Waals surface area contributed by atoms with Gasteiger partial charge >= 0.3 is 0 Å². The summed E-state index contributed by atoms with van der Waals surface area (Å²) in [4.78, 5) is 0. The normalized spacial score (nSPS) is 23.1. The van der Waals surface area contributed by atoms with Gasteiger partial charge < -0.3 is 10.5 Å². The summed E-state index contributed by atoms with van der Waals surface area (Å²) in [6, 6.07) is 2.41. The van der Waals surface area contributed by atoms with Crippen molar-refractivity contribution in [2.24, 2.45) is 5.73 Å². The van der Waals surface area contributed by atoms with E-state index in [1.54, 1.807) is 0 Å². The first-order valence-electron chi connectivity index (χ1n) is 4.82. The standard InChI is InChI=1S/C11H13ClFNO/c1-11(2)5-9(14)7-3-6(13)4-8(12)10(7)15-11/h3-4,9H,5,14H2,1-2H3. The second-order valence-corrected chi connectivity index (χ2v) is 4.89. The number of benzene rings is 1. The number of ether oxygens (including phenoxy) is 1. The Balaban J connectivity index is 2.55. The number of hydrogen-bond acceptors (Lipinski definition) is 2. The van der Waals surface area contributed by atoms with Crippen molar-refractivity contribution in [3.63, 3.8) is 0 Å². The third-order valence-corrected chi connectivity index (χ3v) is 2.81. The molecule has 1 unspecified atom stereocenters. The van der Waals surface area contributed by atoms with Gasteiger partial charge in [0.15, 0.2) is 0 Å². The fourth-order valence-corrected chi connectivity index (χ4v) is 2.17. The lowest BCUT2D eigenvalue weighted by molar-refractivity contribution is 0.0727. The summed E-state index contributed by atoms with van der Waals surface area (Å²) >= 11 is 5.92. The van der Waals surface area contributed by atoms with Crippen molar-refractivity contribution < 1.29 is 9.13 Å². The summed E-state index contributed by atoms with van der Waals surface area (Å²) in [5.41, 5.74) is 6.25. The Morgan fingerprint density at radius 1 is 1.53 bits per heavy atom. The minimum absolute atomic E-state index is 0.225. The molecule has 0 radical (unpaired) electrons. The van der Waals surface area contributed by atoms with Crippen molar-refractivity contribution in [3.8, 4) is 5.75 Å². The van der Waals surface area contributed by atoms with Crippen molar-refractivity contribution in [2.45, 2.75) is 31.9 Å². The molecule has 82 valence electrons. The van der Waals surface area contributed by atoms with E-state index in [-0.39, 0.29) is 22.5 Å². The lowest BCUT2D eigenvalue weighted by Gasteiger charge is -2.36. The van der Waals surface area contributed by atoms with Crippen molar-refractivity contribution in [1.29, 1.82) is 0 Å². The minimum atomic E-state index is -0.377. The largest absolute Gasteiger partial charge is 0.486 e. The van der Waals surface area contributed by atoms with Crippen molar-refractivity contribution in [1.82, 2.24) is 0 Å². The zero-order chi connectivity index (χ0) is 11.2. The van der Waals surface area contributed by atoms with Crippen LogP contribution in [0.5, 0.6) is 5.75 Å². The molecule has 15 heavy (non-hydrogen) atoms. The summed E-state index contributed by atoms with van der Waals surface area (Å²) in [5.74, 6) is 0.138. The van der Waals surface area contributed by atoms with Gasteiger partial charge in [-0.1, -0.05) is 11.6 Å². The van der Waals surface area contributed by atoms with Gasteiger partial charge in [0, 0.05) is 18.0 Å². The van der Waals surface area contributed by atoms with Gasteiger partial charge in [-0.2, -0.15) is 0 Å². The number of rotatable bonds is 0. The average molecular weight is 230 g/mol. The van der Waals surface area contributed by atoms with Gasteiger partial charge in [-0.15, -0.1) is 0 Å². The summed E-state index contributed by atoms with van der Waals surface area (Å²) in [6.45, 7) is 3.88. The average Bonchev–Trinajstić information content (AvgIpc) is 2.06. The van der Waals surface area contributed by atoms with E-state index in [2.05, 4.69) is 0 Å². The highest BCUT2D eigenvalue weighted by molar-refractivity contribution is 6.32. The van der Waals surface area contributed by atoms with Crippen LogP contribution in [0.4, 0.5) is 4.39 Å². The minimum Gasteiger partial charge on any atom is -0.486 e. The zero-order valence-corrected chi connectivity index (χ0v) is 9.44. The highest BCUT2D eigenvalue weighted by Crippen LogP contribution is 2.42. The van der Waals surface area contributed by atoms with Gasteiger partial charge in [-0.3, -0.25) is 0 Å². The molecule has 0 aliphatic carbocycles. The summed E-state index contributed by atoms with van der Waals surface area (Å²) in [7, 11) is 0. The maximum Gasteiger partial charge on any atom is 0.143 e. The SMILES string of the molecule is CC1(C)CC(N)c2cc(F)cc(Cl)c2O1. The molecule has 0 aromatic heterocycles. The van der Waals surface area contributed by atoms with Crippen LogP contribution in [-0.2, 0) is 0 Å². The monoisotopic (exact) mass is 229 g/mol. The maximum absolute atomic E-state index is 13.1. The van der Waals surface area contributed by atoms with Crippen LogP contribution in [-0.4, -0.2) is 5.60 Å². The lowest BCUT2D eigenvalue weighted by Crippen LogP contribution is -2.37. The molecule has 2 rings (SSSR count). The molecule has 2 nitrogen and oxygen atoms in total. The first kappa shape index (κ1) is 10.7. The smallest absolute Gasteiger partial charge is 0.143 e. The Kier molecular flexibility index (Phi) is 2.40. The van der Waals surface area contributed by atoms with Gasteiger partial charge in [0.05, 0.1) is 5.02 Å². The molecule has 0 saturated carbocycles. The van der Waals surface area contributed by atoms with Crippen LogP contribution in [0.15, 0.2) is 12.1 Å². The Labute approximate surface area is 93.2 Å². The third kappa shape index (κ3) is 1.94. The second-order valence-electron chi connectivity index (χ2n) is 4.48. The van der Waals surface area contributed by atoms with E-state index in [4.69, 9.17) is 22.1 Å². The van der Waals surface area contributed by atoms with Crippen LogP contribution >= 0.6 is 11.6 Å². The van der Waals surface area contributed by atoms with Gasteiger partial charge in [0.2, 0.25) is 0 Å².